The van der Waals surface area contributed by atoms with E-state index < -0.39 is 39.4 Å². The van der Waals surface area contributed by atoms with Crippen molar-refractivity contribution in [1.29, 1.82) is 0 Å². The normalized spacial score (nSPS) is 12.0. The lowest BCUT2D eigenvalue weighted by molar-refractivity contribution is -0.386. The van der Waals surface area contributed by atoms with E-state index in [-0.39, 0.29) is 22.9 Å². The molecule has 0 aromatic heterocycles. The van der Waals surface area contributed by atoms with Crippen LogP contribution in [0.2, 0.25) is 0 Å². The van der Waals surface area contributed by atoms with Gasteiger partial charge in [0.15, 0.2) is 5.75 Å². The number of phenolic OH excluding ortho intramolecular Hbond substituents is 2. The summed E-state index contributed by atoms with van der Waals surface area (Å²) in [5.41, 5.74) is -1.71. The van der Waals surface area contributed by atoms with Gasteiger partial charge in [-0.3, -0.25) is 10.1 Å². The molecule has 0 amide bonds. The lowest BCUT2D eigenvalue weighted by Gasteiger charge is -2.14. The van der Waals surface area contributed by atoms with Crippen molar-refractivity contribution < 1.29 is 29.8 Å². The van der Waals surface area contributed by atoms with E-state index in [1.807, 2.05) is 0 Å². The summed E-state index contributed by atoms with van der Waals surface area (Å²) >= 11 is 3.22. The van der Waals surface area contributed by atoms with Crippen LogP contribution in [-0.4, -0.2) is 32.8 Å². The first-order valence-corrected chi connectivity index (χ1v) is 7.88. The number of carbonyl (C=O) groups is 1. The molecule has 0 saturated heterocycles. The monoisotopic (exact) mass is 411 g/mol. The highest BCUT2D eigenvalue weighted by Gasteiger charge is 2.34. The van der Waals surface area contributed by atoms with Gasteiger partial charge in [-0.1, -0.05) is 15.9 Å². The Balaban J connectivity index is 3.08. The molecule has 25 heavy (non-hydrogen) atoms. The number of nitrogens with zero attached hydrogens (tertiary/aromatic N) is 1. The average molecular weight is 412 g/mol. The largest absolute Gasteiger partial charge is 0.512 e. The van der Waals surface area contributed by atoms with E-state index in [0.717, 1.165) is 0 Å². The Bertz CT molecular complexity index is 917. The van der Waals surface area contributed by atoms with E-state index in [1.54, 1.807) is 13.0 Å². The van der Waals surface area contributed by atoms with Gasteiger partial charge in [0.2, 0.25) is 5.75 Å². The van der Waals surface area contributed by atoms with Gasteiger partial charge in [-0.05, 0) is 32.0 Å². The summed E-state index contributed by atoms with van der Waals surface area (Å²) in [4.78, 5) is 22.8. The Hall–Kier alpha value is -2.81. The number of hydrogen-bond donors (Lipinski definition) is 3. The number of hydrogen-bond acceptors (Lipinski definition) is 7. The molecule has 0 saturated carbocycles. The van der Waals surface area contributed by atoms with Gasteiger partial charge in [-0.2, -0.15) is 0 Å². The number of ether oxygens (including phenoxy) is 1. The quantitative estimate of drug-likeness (QED) is 0.174. The van der Waals surface area contributed by atoms with Gasteiger partial charge in [0.05, 0.1) is 17.1 Å². The van der Waals surface area contributed by atoms with Crippen LogP contribution < -0.4 is 0 Å². The number of halogens is 1. The summed E-state index contributed by atoms with van der Waals surface area (Å²) in [5.74, 6) is -3.21. The Morgan fingerprint density at radius 3 is 2.44 bits per heavy atom. The minimum absolute atomic E-state index is 0.0187. The highest BCUT2D eigenvalue weighted by atomic mass is 79.9. The number of nitro benzene ring substituents is 1. The second-order valence-electron chi connectivity index (χ2n) is 5.05. The molecule has 0 aliphatic carbocycles. The first-order chi connectivity index (χ1) is 11.7. The number of aromatic hydroxyl groups is 2. The Morgan fingerprint density at radius 1 is 1.28 bits per heavy atom. The maximum atomic E-state index is 12.3. The molecule has 2 aromatic carbocycles. The van der Waals surface area contributed by atoms with Crippen molar-refractivity contribution in [3.05, 3.63) is 44.1 Å². The van der Waals surface area contributed by atoms with Crippen molar-refractivity contribution in [3.8, 4) is 11.5 Å². The van der Waals surface area contributed by atoms with Crippen molar-refractivity contribution in [2.75, 3.05) is 6.61 Å². The van der Waals surface area contributed by atoms with E-state index in [2.05, 4.69) is 15.9 Å². The van der Waals surface area contributed by atoms with Crippen LogP contribution in [0.3, 0.4) is 0 Å². The highest BCUT2D eigenvalue weighted by molar-refractivity contribution is 9.10. The molecule has 0 atom stereocenters. The van der Waals surface area contributed by atoms with Crippen LogP contribution in [0.25, 0.3) is 16.3 Å². The first kappa shape index (κ1) is 18.5. The zero-order valence-electron chi connectivity index (χ0n) is 13.2. The molecule has 2 rings (SSSR count). The number of aliphatic hydroxyl groups excluding tert-OH is 1. The molecule has 8 nitrogen and oxygen atoms in total. The predicted molar refractivity (Wildman–Crippen MR) is 93.5 cm³/mol. The average Bonchev–Trinajstić information content (AvgIpc) is 2.51. The Kier molecular flexibility index (Phi) is 5.17. The third kappa shape index (κ3) is 3.22. The van der Waals surface area contributed by atoms with Gasteiger partial charge in [-0.25, -0.2) is 4.79 Å². The standard InChI is InChI=1S/C16H14BrNO7/c1-3-25-16(22)11(7(2)19)12-10-6-8(17)4-5-9(10)14(20)15(21)13(12)18(23)24/h4-6,19-21H,3H2,1-2H3/b11-7+. The number of nitro groups is 1. The summed E-state index contributed by atoms with van der Waals surface area (Å²) < 4.78 is 5.38. The minimum atomic E-state index is -1.00. The van der Waals surface area contributed by atoms with E-state index in [9.17, 15) is 30.2 Å². The molecule has 132 valence electrons. The molecule has 3 N–H and O–H groups in total. The van der Waals surface area contributed by atoms with E-state index >= 15 is 0 Å². The fourth-order valence-electron chi connectivity index (χ4n) is 2.48. The summed E-state index contributed by atoms with van der Waals surface area (Å²) in [5, 5.41) is 41.8. The SMILES string of the molecule is CCOC(=O)/C(=C(\C)O)c1c([N+](=O)[O-])c(O)c(O)c2ccc(Br)cc12. The summed E-state index contributed by atoms with van der Waals surface area (Å²) in [7, 11) is 0. The van der Waals surface area contributed by atoms with Gasteiger partial charge in [0.1, 0.15) is 11.3 Å². The van der Waals surface area contributed by atoms with Crippen LogP contribution in [0.15, 0.2) is 28.4 Å². The van der Waals surface area contributed by atoms with Gasteiger partial charge in [0.25, 0.3) is 0 Å². The van der Waals surface area contributed by atoms with Crippen molar-refractivity contribution in [2.24, 2.45) is 0 Å². The number of benzene rings is 2. The van der Waals surface area contributed by atoms with Gasteiger partial charge in [-0.15, -0.1) is 0 Å². The second kappa shape index (κ2) is 6.98. The fourth-order valence-corrected chi connectivity index (χ4v) is 2.84. The molecule has 2 aromatic rings. The van der Waals surface area contributed by atoms with Crippen molar-refractivity contribution in [2.45, 2.75) is 13.8 Å². The predicted octanol–water partition coefficient (Wildman–Crippen LogP) is 3.77. The van der Waals surface area contributed by atoms with Gasteiger partial charge in [0, 0.05) is 15.2 Å². The fraction of sp³-hybridized carbons (Fsp3) is 0.188. The highest BCUT2D eigenvalue weighted by Crippen LogP contribution is 2.48. The smallest absolute Gasteiger partial charge is 0.342 e. The third-order valence-electron chi connectivity index (χ3n) is 3.47. The molecule has 0 radical (unpaired) electrons. The zero-order chi connectivity index (χ0) is 18.9. The molecule has 0 heterocycles. The molecule has 0 fully saturated rings. The molecule has 0 bridgehead atoms. The van der Waals surface area contributed by atoms with E-state index in [4.69, 9.17) is 4.74 Å². The molecular weight excluding hydrogens is 398 g/mol. The van der Waals surface area contributed by atoms with Crippen molar-refractivity contribution >= 4 is 43.9 Å². The molecule has 0 aliphatic heterocycles. The van der Waals surface area contributed by atoms with Crippen LogP contribution in [0.1, 0.15) is 19.4 Å². The maximum absolute atomic E-state index is 12.3. The number of esters is 1. The molecule has 0 unspecified atom stereocenters. The summed E-state index contributed by atoms with van der Waals surface area (Å²) in [6, 6.07) is 4.40. The molecular formula is C16H14BrNO7. The number of aliphatic hydroxyl groups is 1. The number of fused-ring (bicyclic) bond motifs is 1. The first-order valence-electron chi connectivity index (χ1n) is 7.09. The summed E-state index contributed by atoms with van der Waals surface area (Å²) in [6.07, 6.45) is 0. The molecule has 9 heteroatoms. The second-order valence-corrected chi connectivity index (χ2v) is 5.96. The summed E-state index contributed by atoms with van der Waals surface area (Å²) in [6.45, 7) is 2.69. The van der Waals surface area contributed by atoms with E-state index in [0.29, 0.717) is 4.47 Å². The lowest BCUT2D eigenvalue weighted by Crippen LogP contribution is -2.11. The molecule has 0 aliphatic rings. The van der Waals surface area contributed by atoms with Crippen molar-refractivity contribution in [3.63, 3.8) is 0 Å². The van der Waals surface area contributed by atoms with Crippen LogP contribution >= 0.6 is 15.9 Å². The van der Waals surface area contributed by atoms with Crippen LogP contribution in [0, 0.1) is 10.1 Å². The zero-order valence-corrected chi connectivity index (χ0v) is 14.8. The third-order valence-corrected chi connectivity index (χ3v) is 3.96. The minimum Gasteiger partial charge on any atom is -0.512 e. The van der Waals surface area contributed by atoms with Crippen LogP contribution in [0.5, 0.6) is 11.5 Å². The van der Waals surface area contributed by atoms with Gasteiger partial charge >= 0.3 is 11.7 Å². The topological polar surface area (TPSA) is 130 Å². The number of rotatable bonds is 4. The lowest BCUT2D eigenvalue weighted by atomic mass is 9.94. The van der Waals surface area contributed by atoms with Crippen LogP contribution in [-0.2, 0) is 9.53 Å². The number of allylic oxidation sites excluding steroid dienone is 1. The number of phenols is 2. The number of carbonyl (C=O) groups excluding carboxylic acids is 1. The van der Waals surface area contributed by atoms with E-state index in [1.165, 1.54) is 19.1 Å². The molecule has 0 spiro atoms. The van der Waals surface area contributed by atoms with Crippen molar-refractivity contribution in [1.82, 2.24) is 0 Å². The van der Waals surface area contributed by atoms with Gasteiger partial charge < -0.3 is 20.1 Å². The Labute approximate surface area is 150 Å². The maximum Gasteiger partial charge on any atom is 0.342 e. The Morgan fingerprint density at radius 2 is 1.92 bits per heavy atom. The van der Waals surface area contributed by atoms with Crippen LogP contribution in [0.4, 0.5) is 5.69 Å².